The van der Waals surface area contributed by atoms with Crippen molar-refractivity contribution in [3.05, 3.63) is 41.6 Å². The van der Waals surface area contributed by atoms with Gasteiger partial charge in [0.15, 0.2) is 0 Å². The van der Waals surface area contributed by atoms with Crippen LogP contribution >= 0.6 is 0 Å². The van der Waals surface area contributed by atoms with E-state index in [2.05, 4.69) is 10.1 Å². The fourth-order valence-corrected chi connectivity index (χ4v) is 1.46. The molecule has 7 heteroatoms. The van der Waals surface area contributed by atoms with E-state index >= 15 is 0 Å². The molecule has 0 spiro atoms. The molecule has 0 aliphatic rings. The third kappa shape index (κ3) is 6.06. The van der Waals surface area contributed by atoms with E-state index < -0.39 is 18.0 Å². The number of allylic oxidation sites excluding steroid dienone is 1. The summed E-state index contributed by atoms with van der Waals surface area (Å²) >= 11 is 0. The van der Waals surface area contributed by atoms with Crippen LogP contribution in [0.1, 0.15) is 18.5 Å². The average Bonchev–Trinajstić information content (AvgIpc) is 2.36. The van der Waals surface area contributed by atoms with E-state index in [0.717, 1.165) is 6.08 Å². The molecule has 1 radical (unpaired) electrons. The van der Waals surface area contributed by atoms with Crippen LogP contribution in [0.3, 0.4) is 0 Å². The summed E-state index contributed by atoms with van der Waals surface area (Å²) in [6.07, 6.45) is 1.16. The summed E-state index contributed by atoms with van der Waals surface area (Å²) in [5.41, 5.74) is 0.829. The van der Waals surface area contributed by atoms with Crippen LogP contribution in [0, 0.1) is 0 Å². The van der Waals surface area contributed by atoms with Gasteiger partial charge in [0.2, 0.25) is 0 Å². The van der Waals surface area contributed by atoms with E-state index in [1.165, 1.54) is 31.4 Å². The zero-order valence-electron chi connectivity index (χ0n) is 11.6. The summed E-state index contributed by atoms with van der Waals surface area (Å²) in [6, 6.07) is 4.76. The molecule has 0 saturated heterocycles. The largest absolute Gasteiger partial charge is 0.508 e. The smallest absolute Gasteiger partial charge is 0.332 e. The summed E-state index contributed by atoms with van der Waals surface area (Å²) in [7, 11) is 1.24. The molecule has 1 aromatic carbocycles. The number of hydrogen-bond acceptors (Lipinski definition) is 5. The second-order valence-electron chi connectivity index (χ2n) is 3.86. The van der Waals surface area contributed by atoms with E-state index in [4.69, 9.17) is 10.2 Å². The number of carboxylic acids is 1. The molecule has 0 unspecified atom stereocenters. The Balaban J connectivity index is 0.00000361. The van der Waals surface area contributed by atoms with Gasteiger partial charge in [-0.05, 0) is 24.6 Å². The van der Waals surface area contributed by atoms with Crippen molar-refractivity contribution in [2.45, 2.75) is 13.0 Å². The second-order valence-corrected chi connectivity index (χ2v) is 3.86. The standard InChI is InChI=1S/C13H15NO5.K/c1-8(7-11(16)19-2)14-12(13(17)18)9-3-5-10(15)6-4-9;/h3-7,12,14-15H,1-2H3,(H,17,18);/b8-7+;/t12-;/m1./s1. The van der Waals surface area contributed by atoms with Gasteiger partial charge >= 0.3 is 11.9 Å². The molecular formula is C13H15KNO5. The molecule has 0 amide bonds. The third-order valence-electron chi connectivity index (χ3n) is 2.38. The van der Waals surface area contributed by atoms with Crippen molar-refractivity contribution in [3.63, 3.8) is 0 Å². The molecule has 0 aliphatic heterocycles. The number of methoxy groups -OCH3 is 1. The molecule has 0 fully saturated rings. The molecule has 1 aromatic rings. The minimum atomic E-state index is -1.09. The van der Waals surface area contributed by atoms with Crippen LogP contribution < -0.4 is 5.32 Å². The first-order valence-electron chi connectivity index (χ1n) is 5.48. The number of carbonyl (C=O) groups is 2. The fourth-order valence-electron chi connectivity index (χ4n) is 1.46. The minimum absolute atomic E-state index is 0. The van der Waals surface area contributed by atoms with Gasteiger partial charge in [-0.25, -0.2) is 9.59 Å². The first-order valence-corrected chi connectivity index (χ1v) is 5.48. The minimum Gasteiger partial charge on any atom is -0.508 e. The van der Waals surface area contributed by atoms with E-state index in [0.29, 0.717) is 11.3 Å². The summed E-state index contributed by atoms with van der Waals surface area (Å²) in [4.78, 5) is 22.2. The van der Waals surface area contributed by atoms with Crippen molar-refractivity contribution >= 4 is 63.3 Å². The van der Waals surface area contributed by atoms with E-state index in [1.54, 1.807) is 6.92 Å². The molecule has 103 valence electrons. The number of benzene rings is 1. The Morgan fingerprint density at radius 2 is 1.85 bits per heavy atom. The monoisotopic (exact) mass is 304 g/mol. The molecule has 1 atom stereocenters. The molecule has 0 aromatic heterocycles. The van der Waals surface area contributed by atoms with Crippen molar-refractivity contribution in [2.75, 3.05) is 7.11 Å². The van der Waals surface area contributed by atoms with Gasteiger partial charge in [-0.2, -0.15) is 0 Å². The number of carbonyl (C=O) groups excluding carboxylic acids is 1. The molecule has 6 nitrogen and oxygen atoms in total. The average molecular weight is 304 g/mol. The molecule has 0 bridgehead atoms. The summed E-state index contributed by atoms with van der Waals surface area (Å²) in [6.45, 7) is 1.56. The van der Waals surface area contributed by atoms with Crippen molar-refractivity contribution in [3.8, 4) is 5.75 Å². The number of carboxylic acid groups (broad SMARTS) is 1. The van der Waals surface area contributed by atoms with Crippen LogP contribution in [0.4, 0.5) is 0 Å². The van der Waals surface area contributed by atoms with Crippen molar-refractivity contribution in [1.29, 1.82) is 0 Å². The molecular weight excluding hydrogens is 289 g/mol. The molecule has 0 heterocycles. The Kier molecular flexibility index (Phi) is 8.75. The maximum Gasteiger partial charge on any atom is 0.332 e. The SMILES string of the molecule is COC(=O)/C=C(\C)N[C@@H](C(=O)O)c1ccc(O)cc1.[K]. The summed E-state index contributed by atoms with van der Waals surface area (Å²) < 4.78 is 4.45. The summed E-state index contributed by atoms with van der Waals surface area (Å²) in [5.74, 6) is -1.61. The van der Waals surface area contributed by atoms with Crippen LogP contribution in [-0.4, -0.2) is 80.6 Å². The normalized spacial score (nSPS) is 12.0. The van der Waals surface area contributed by atoms with Crippen LogP contribution in [0.25, 0.3) is 0 Å². The topological polar surface area (TPSA) is 95.9 Å². The molecule has 0 saturated carbocycles. The Morgan fingerprint density at radius 1 is 1.30 bits per heavy atom. The van der Waals surface area contributed by atoms with Crippen LogP contribution in [0.2, 0.25) is 0 Å². The quantitative estimate of drug-likeness (QED) is 0.423. The number of phenolic OH excluding ortho intramolecular Hbond substituents is 1. The maximum absolute atomic E-state index is 11.2. The zero-order valence-corrected chi connectivity index (χ0v) is 14.7. The van der Waals surface area contributed by atoms with Gasteiger partial charge in [0.1, 0.15) is 11.8 Å². The van der Waals surface area contributed by atoms with Gasteiger partial charge < -0.3 is 20.3 Å². The number of esters is 1. The fraction of sp³-hybridized carbons (Fsp3) is 0.231. The predicted molar refractivity (Wildman–Crippen MR) is 73.1 cm³/mol. The first kappa shape index (κ1) is 19.1. The van der Waals surface area contributed by atoms with Gasteiger partial charge in [-0.3, -0.25) is 0 Å². The first-order chi connectivity index (χ1) is 8.93. The Morgan fingerprint density at radius 3 is 2.30 bits per heavy atom. The van der Waals surface area contributed by atoms with Crippen LogP contribution in [0.5, 0.6) is 5.75 Å². The molecule has 20 heavy (non-hydrogen) atoms. The van der Waals surface area contributed by atoms with Gasteiger partial charge in [0.05, 0.1) is 7.11 Å². The van der Waals surface area contributed by atoms with Crippen LogP contribution in [-0.2, 0) is 14.3 Å². The number of aromatic hydroxyl groups is 1. The number of rotatable bonds is 5. The van der Waals surface area contributed by atoms with Gasteiger partial charge in [-0.1, -0.05) is 12.1 Å². The third-order valence-corrected chi connectivity index (χ3v) is 2.38. The molecule has 1 rings (SSSR count). The van der Waals surface area contributed by atoms with Crippen molar-refractivity contribution in [1.82, 2.24) is 5.32 Å². The second kappa shape index (κ2) is 9.14. The Labute approximate surface area is 159 Å². The van der Waals surface area contributed by atoms with Crippen molar-refractivity contribution in [2.24, 2.45) is 0 Å². The predicted octanol–water partition coefficient (Wildman–Crippen LogP) is 0.803. The molecule has 3 N–H and O–H groups in total. The van der Waals surface area contributed by atoms with Crippen molar-refractivity contribution < 1.29 is 24.5 Å². The maximum atomic E-state index is 11.2. The Bertz CT molecular complexity index is 498. The van der Waals surface area contributed by atoms with E-state index in [-0.39, 0.29) is 57.1 Å². The van der Waals surface area contributed by atoms with Crippen LogP contribution in [0.15, 0.2) is 36.0 Å². The zero-order chi connectivity index (χ0) is 14.4. The number of nitrogens with one attached hydrogen (secondary N) is 1. The number of phenols is 1. The molecule has 0 aliphatic carbocycles. The number of aliphatic carboxylic acids is 1. The van der Waals surface area contributed by atoms with Gasteiger partial charge in [-0.15, -0.1) is 0 Å². The summed E-state index contributed by atoms with van der Waals surface area (Å²) in [5, 5.41) is 21.0. The Hall–Kier alpha value is -0.864. The van der Waals surface area contributed by atoms with Gasteiger partial charge in [0.25, 0.3) is 0 Å². The number of ether oxygens (including phenoxy) is 1. The van der Waals surface area contributed by atoms with Gasteiger partial charge in [0, 0.05) is 63.2 Å². The van der Waals surface area contributed by atoms with E-state index in [9.17, 15) is 9.59 Å². The number of hydrogen-bond donors (Lipinski definition) is 3. The van der Waals surface area contributed by atoms with E-state index in [1.807, 2.05) is 0 Å².